The first-order chi connectivity index (χ1) is 12.5. The number of nitrogens with one attached hydrogen (secondary N) is 3. The standard InChI is InChI=1S/C20H19N3O3/c1-13-12-17(14(2)26-13)20(25)23-22-19(24)16-10-6-7-11-18(16)21-15-8-4-3-5-9-15/h3-12,21H,1-2H3,(H,22,24)(H,23,25). The van der Waals surface area contributed by atoms with E-state index in [9.17, 15) is 9.59 Å². The lowest BCUT2D eigenvalue weighted by atomic mass is 10.1. The number of hydrazine groups is 1. The van der Waals surface area contributed by atoms with Gasteiger partial charge in [0, 0.05) is 5.69 Å². The van der Waals surface area contributed by atoms with E-state index in [4.69, 9.17) is 4.42 Å². The van der Waals surface area contributed by atoms with Gasteiger partial charge in [-0.15, -0.1) is 0 Å². The zero-order chi connectivity index (χ0) is 18.5. The highest BCUT2D eigenvalue weighted by Gasteiger charge is 2.16. The van der Waals surface area contributed by atoms with Gasteiger partial charge in [-0.3, -0.25) is 20.4 Å². The van der Waals surface area contributed by atoms with Crippen LogP contribution in [0.5, 0.6) is 0 Å². The molecule has 132 valence electrons. The Morgan fingerprint density at radius 3 is 2.08 bits per heavy atom. The number of furan rings is 1. The predicted molar refractivity (Wildman–Crippen MR) is 99.3 cm³/mol. The number of para-hydroxylation sites is 2. The van der Waals surface area contributed by atoms with E-state index in [1.54, 1.807) is 38.1 Å². The molecule has 26 heavy (non-hydrogen) atoms. The van der Waals surface area contributed by atoms with Crippen LogP contribution in [-0.2, 0) is 0 Å². The quantitative estimate of drug-likeness (QED) is 0.627. The lowest BCUT2D eigenvalue weighted by molar-refractivity contribution is 0.0846. The summed E-state index contributed by atoms with van der Waals surface area (Å²) in [7, 11) is 0. The second kappa shape index (κ2) is 7.57. The number of amides is 2. The van der Waals surface area contributed by atoms with Crippen LogP contribution < -0.4 is 16.2 Å². The smallest absolute Gasteiger partial charge is 0.273 e. The van der Waals surface area contributed by atoms with E-state index in [1.807, 2.05) is 36.4 Å². The van der Waals surface area contributed by atoms with Crippen LogP contribution >= 0.6 is 0 Å². The molecule has 0 saturated heterocycles. The van der Waals surface area contributed by atoms with E-state index in [-0.39, 0.29) is 0 Å². The molecule has 0 saturated carbocycles. The fourth-order valence-corrected chi connectivity index (χ4v) is 2.57. The Bertz CT molecular complexity index is 932. The second-order valence-electron chi connectivity index (χ2n) is 5.77. The first-order valence-electron chi connectivity index (χ1n) is 8.13. The molecule has 3 N–H and O–H groups in total. The van der Waals surface area contributed by atoms with E-state index in [0.29, 0.717) is 28.3 Å². The molecule has 0 aliphatic heterocycles. The Labute approximate surface area is 151 Å². The molecule has 6 nitrogen and oxygen atoms in total. The van der Waals surface area contributed by atoms with E-state index >= 15 is 0 Å². The molecule has 0 bridgehead atoms. The molecule has 0 fully saturated rings. The highest BCUT2D eigenvalue weighted by Crippen LogP contribution is 2.20. The largest absolute Gasteiger partial charge is 0.466 e. The Hall–Kier alpha value is -3.54. The van der Waals surface area contributed by atoms with Crippen LogP contribution in [0.1, 0.15) is 32.2 Å². The van der Waals surface area contributed by atoms with Crippen LogP contribution in [0, 0.1) is 13.8 Å². The Morgan fingerprint density at radius 1 is 0.808 bits per heavy atom. The van der Waals surface area contributed by atoms with Gasteiger partial charge >= 0.3 is 0 Å². The zero-order valence-electron chi connectivity index (χ0n) is 14.5. The van der Waals surface area contributed by atoms with Crippen LogP contribution in [0.2, 0.25) is 0 Å². The van der Waals surface area contributed by atoms with Crippen molar-refractivity contribution in [2.45, 2.75) is 13.8 Å². The first-order valence-corrected chi connectivity index (χ1v) is 8.13. The number of carbonyl (C=O) groups excluding carboxylic acids is 2. The summed E-state index contributed by atoms with van der Waals surface area (Å²) in [5, 5.41) is 3.20. The van der Waals surface area contributed by atoms with Crippen molar-refractivity contribution in [2.75, 3.05) is 5.32 Å². The SMILES string of the molecule is Cc1cc(C(=O)NNC(=O)c2ccccc2Nc2ccccc2)c(C)o1. The summed E-state index contributed by atoms with van der Waals surface area (Å²) in [5.41, 5.74) is 7.16. The maximum atomic E-state index is 12.5. The number of hydrogen-bond acceptors (Lipinski definition) is 4. The van der Waals surface area contributed by atoms with Gasteiger partial charge in [0.1, 0.15) is 11.5 Å². The van der Waals surface area contributed by atoms with Gasteiger partial charge in [-0.25, -0.2) is 0 Å². The van der Waals surface area contributed by atoms with Crippen LogP contribution in [0.15, 0.2) is 65.1 Å². The molecule has 1 heterocycles. The summed E-state index contributed by atoms with van der Waals surface area (Å²) < 4.78 is 5.33. The molecular weight excluding hydrogens is 330 g/mol. The van der Waals surface area contributed by atoms with E-state index < -0.39 is 11.8 Å². The molecule has 0 unspecified atom stereocenters. The third-order valence-corrected chi connectivity index (χ3v) is 3.80. The predicted octanol–water partition coefficient (Wildman–Crippen LogP) is 3.71. The van der Waals surface area contributed by atoms with Gasteiger partial charge in [0.25, 0.3) is 11.8 Å². The molecule has 0 radical (unpaired) electrons. The number of carbonyl (C=O) groups is 2. The number of anilines is 2. The maximum Gasteiger partial charge on any atom is 0.273 e. The topological polar surface area (TPSA) is 83.4 Å². The van der Waals surface area contributed by atoms with Crippen molar-refractivity contribution in [3.63, 3.8) is 0 Å². The highest BCUT2D eigenvalue weighted by molar-refractivity contribution is 6.02. The fourth-order valence-electron chi connectivity index (χ4n) is 2.57. The number of benzene rings is 2. The van der Waals surface area contributed by atoms with Crippen LogP contribution in [0.25, 0.3) is 0 Å². The third-order valence-electron chi connectivity index (χ3n) is 3.80. The van der Waals surface area contributed by atoms with Gasteiger partial charge in [-0.05, 0) is 44.2 Å². The molecule has 0 aliphatic carbocycles. The molecule has 2 aromatic carbocycles. The fraction of sp³-hybridized carbons (Fsp3) is 0.100. The van der Waals surface area contributed by atoms with Crippen molar-refractivity contribution >= 4 is 23.2 Å². The monoisotopic (exact) mass is 349 g/mol. The average Bonchev–Trinajstić information content (AvgIpc) is 2.99. The van der Waals surface area contributed by atoms with Crippen molar-refractivity contribution < 1.29 is 14.0 Å². The lowest BCUT2D eigenvalue weighted by Crippen LogP contribution is -2.41. The molecule has 6 heteroatoms. The van der Waals surface area contributed by atoms with E-state index in [2.05, 4.69) is 16.2 Å². The van der Waals surface area contributed by atoms with Gasteiger partial charge in [0.05, 0.1) is 16.8 Å². The Kier molecular flexibility index (Phi) is 5.03. The minimum absolute atomic E-state index is 0.387. The van der Waals surface area contributed by atoms with Gasteiger partial charge in [-0.2, -0.15) is 0 Å². The summed E-state index contributed by atoms with van der Waals surface area (Å²) in [5.74, 6) is 0.285. The Morgan fingerprint density at radius 2 is 1.42 bits per heavy atom. The summed E-state index contributed by atoms with van der Waals surface area (Å²) in [4.78, 5) is 24.7. The van der Waals surface area contributed by atoms with Gasteiger partial charge in [0.15, 0.2) is 0 Å². The molecule has 3 rings (SSSR count). The van der Waals surface area contributed by atoms with Gasteiger partial charge in [-0.1, -0.05) is 30.3 Å². The van der Waals surface area contributed by atoms with Crippen molar-refractivity contribution in [1.82, 2.24) is 10.9 Å². The molecule has 0 spiro atoms. The lowest BCUT2D eigenvalue weighted by Gasteiger charge is -2.12. The molecular formula is C20H19N3O3. The molecule has 0 aliphatic rings. The molecule has 1 aromatic heterocycles. The summed E-state index contributed by atoms with van der Waals surface area (Å²) in [6.07, 6.45) is 0. The maximum absolute atomic E-state index is 12.5. The zero-order valence-corrected chi connectivity index (χ0v) is 14.5. The van der Waals surface area contributed by atoms with Crippen molar-refractivity contribution in [3.05, 3.63) is 83.3 Å². The summed E-state index contributed by atoms with van der Waals surface area (Å²) in [6, 6.07) is 18.2. The van der Waals surface area contributed by atoms with Crippen LogP contribution in [-0.4, -0.2) is 11.8 Å². The Balaban J connectivity index is 1.70. The number of aryl methyl sites for hydroxylation is 2. The van der Waals surface area contributed by atoms with E-state index in [1.165, 1.54) is 0 Å². The summed E-state index contributed by atoms with van der Waals surface area (Å²) >= 11 is 0. The molecule has 2 amide bonds. The second-order valence-corrected chi connectivity index (χ2v) is 5.77. The minimum Gasteiger partial charge on any atom is -0.466 e. The number of rotatable bonds is 4. The van der Waals surface area contributed by atoms with E-state index in [0.717, 1.165) is 5.69 Å². The molecule has 3 aromatic rings. The van der Waals surface area contributed by atoms with Crippen LogP contribution in [0.3, 0.4) is 0 Å². The van der Waals surface area contributed by atoms with Crippen molar-refractivity contribution in [1.29, 1.82) is 0 Å². The molecule has 0 atom stereocenters. The van der Waals surface area contributed by atoms with Gasteiger partial charge in [0.2, 0.25) is 0 Å². The first kappa shape index (κ1) is 17.3. The highest BCUT2D eigenvalue weighted by atomic mass is 16.3. The van der Waals surface area contributed by atoms with Gasteiger partial charge < -0.3 is 9.73 Å². The third kappa shape index (κ3) is 3.92. The van der Waals surface area contributed by atoms with Crippen molar-refractivity contribution in [2.24, 2.45) is 0 Å². The number of hydrogen-bond donors (Lipinski definition) is 3. The van der Waals surface area contributed by atoms with Crippen molar-refractivity contribution in [3.8, 4) is 0 Å². The minimum atomic E-state index is -0.429. The summed E-state index contributed by atoms with van der Waals surface area (Å²) in [6.45, 7) is 3.46. The normalized spacial score (nSPS) is 10.2. The van der Waals surface area contributed by atoms with Crippen LogP contribution in [0.4, 0.5) is 11.4 Å². The average molecular weight is 349 g/mol.